The van der Waals surface area contributed by atoms with E-state index < -0.39 is 5.97 Å². The minimum Gasteiger partial charge on any atom is -0.481 e. The Morgan fingerprint density at radius 3 is 2.93 bits per heavy atom. The van der Waals surface area contributed by atoms with Crippen LogP contribution in [0.25, 0.3) is 0 Å². The molecule has 0 aliphatic carbocycles. The highest BCUT2D eigenvalue weighted by molar-refractivity contribution is 5.85. The number of aromatic nitrogens is 1. The van der Waals surface area contributed by atoms with Crippen LogP contribution in [0.3, 0.4) is 0 Å². The Hall–Kier alpha value is -1.29. The molecule has 1 heterocycles. The van der Waals surface area contributed by atoms with Crippen molar-refractivity contribution >= 4 is 18.4 Å². The van der Waals surface area contributed by atoms with Crippen LogP contribution in [-0.2, 0) is 11.2 Å². The molecular formula is C10H14ClNO3. The second-order valence-corrected chi connectivity index (χ2v) is 2.92. The normalized spacial score (nSPS) is 9.13. The minimum atomic E-state index is -0.849. The molecule has 5 heteroatoms. The van der Waals surface area contributed by atoms with Crippen molar-refractivity contribution in [1.82, 2.24) is 4.98 Å². The van der Waals surface area contributed by atoms with E-state index in [1.807, 2.05) is 6.92 Å². The molecule has 15 heavy (non-hydrogen) atoms. The summed E-state index contributed by atoms with van der Waals surface area (Å²) in [5.41, 5.74) is 0.707. The largest absolute Gasteiger partial charge is 0.481 e. The first-order chi connectivity index (χ1) is 6.72. The predicted molar refractivity (Wildman–Crippen MR) is 58.6 cm³/mol. The van der Waals surface area contributed by atoms with Gasteiger partial charge >= 0.3 is 5.97 Å². The second kappa shape index (κ2) is 7.06. The zero-order valence-corrected chi connectivity index (χ0v) is 9.29. The van der Waals surface area contributed by atoms with Crippen molar-refractivity contribution in [3.63, 3.8) is 0 Å². The monoisotopic (exact) mass is 231 g/mol. The molecule has 4 nitrogen and oxygen atoms in total. The molecule has 0 spiro atoms. The molecule has 0 saturated carbocycles. The topological polar surface area (TPSA) is 59.4 Å². The van der Waals surface area contributed by atoms with Crippen LogP contribution in [0.2, 0.25) is 0 Å². The van der Waals surface area contributed by atoms with E-state index in [1.165, 1.54) is 0 Å². The molecule has 0 aromatic carbocycles. The van der Waals surface area contributed by atoms with E-state index in [9.17, 15) is 4.79 Å². The molecule has 1 aromatic rings. The lowest BCUT2D eigenvalue weighted by molar-refractivity contribution is -0.136. The molecule has 0 saturated heterocycles. The Morgan fingerprint density at radius 1 is 1.60 bits per heavy atom. The first kappa shape index (κ1) is 13.7. The number of carbonyl (C=O) groups is 1. The molecule has 1 N–H and O–H groups in total. The highest BCUT2D eigenvalue weighted by Crippen LogP contribution is 2.10. The summed E-state index contributed by atoms with van der Waals surface area (Å²) in [5.74, 6) is -0.358. The van der Waals surface area contributed by atoms with Gasteiger partial charge in [0, 0.05) is 12.3 Å². The van der Waals surface area contributed by atoms with Crippen molar-refractivity contribution < 1.29 is 14.6 Å². The molecule has 0 radical (unpaired) electrons. The summed E-state index contributed by atoms with van der Waals surface area (Å²) in [4.78, 5) is 14.4. The van der Waals surface area contributed by atoms with Gasteiger partial charge in [-0.2, -0.15) is 0 Å². The van der Waals surface area contributed by atoms with Crippen LogP contribution in [-0.4, -0.2) is 22.7 Å². The van der Waals surface area contributed by atoms with E-state index in [4.69, 9.17) is 9.84 Å². The SMILES string of the molecule is CCCOc1cc(CC(=O)O)ccn1.Cl. The van der Waals surface area contributed by atoms with E-state index in [2.05, 4.69) is 4.98 Å². The van der Waals surface area contributed by atoms with Gasteiger partial charge in [0.2, 0.25) is 5.88 Å². The summed E-state index contributed by atoms with van der Waals surface area (Å²) in [5, 5.41) is 8.57. The maximum Gasteiger partial charge on any atom is 0.307 e. The molecule has 0 amide bonds. The minimum absolute atomic E-state index is 0. The van der Waals surface area contributed by atoms with E-state index >= 15 is 0 Å². The Kier molecular flexibility index (Phi) is 6.45. The number of hydrogen-bond donors (Lipinski definition) is 1. The number of carboxylic acids is 1. The zero-order chi connectivity index (χ0) is 10.4. The average Bonchev–Trinajstić information content (AvgIpc) is 2.14. The van der Waals surface area contributed by atoms with Gasteiger partial charge in [-0.1, -0.05) is 6.92 Å². The number of pyridine rings is 1. The van der Waals surface area contributed by atoms with Gasteiger partial charge in [-0.05, 0) is 18.1 Å². The summed E-state index contributed by atoms with van der Waals surface area (Å²) in [6.07, 6.45) is 2.47. The van der Waals surface area contributed by atoms with Crippen molar-refractivity contribution in [2.24, 2.45) is 0 Å². The molecule has 1 rings (SSSR count). The van der Waals surface area contributed by atoms with Gasteiger partial charge in [0.1, 0.15) is 0 Å². The van der Waals surface area contributed by atoms with E-state index in [0.29, 0.717) is 18.1 Å². The summed E-state index contributed by atoms with van der Waals surface area (Å²) in [6, 6.07) is 3.33. The number of rotatable bonds is 5. The number of ether oxygens (including phenoxy) is 1. The van der Waals surface area contributed by atoms with Gasteiger partial charge in [0.05, 0.1) is 13.0 Å². The van der Waals surface area contributed by atoms with Crippen molar-refractivity contribution in [2.75, 3.05) is 6.61 Å². The molecule has 0 bridgehead atoms. The van der Waals surface area contributed by atoms with Crippen LogP contribution in [0.5, 0.6) is 5.88 Å². The Balaban J connectivity index is 0.00000196. The highest BCUT2D eigenvalue weighted by atomic mass is 35.5. The third-order valence-corrected chi connectivity index (χ3v) is 1.61. The maximum absolute atomic E-state index is 10.4. The van der Waals surface area contributed by atoms with Gasteiger partial charge < -0.3 is 9.84 Å². The molecule has 0 aliphatic heterocycles. The first-order valence-corrected chi connectivity index (χ1v) is 4.52. The standard InChI is InChI=1S/C10H13NO3.ClH/c1-2-5-14-9-6-8(3-4-11-9)7-10(12)13;/h3-4,6H,2,5,7H2,1H3,(H,12,13);1H. The van der Waals surface area contributed by atoms with Gasteiger partial charge in [0.15, 0.2) is 0 Å². The Labute approximate surface area is 94.7 Å². The second-order valence-electron chi connectivity index (χ2n) is 2.92. The number of halogens is 1. The zero-order valence-electron chi connectivity index (χ0n) is 8.47. The number of aliphatic carboxylic acids is 1. The van der Waals surface area contributed by atoms with Gasteiger partial charge in [-0.25, -0.2) is 4.98 Å². The lowest BCUT2D eigenvalue weighted by Crippen LogP contribution is -2.02. The summed E-state index contributed by atoms with van der Waals surface area (Å²) >= 11 is 0. The number of carboxylic acid groups (broad SMARTS) is 1. The van der Waals surface area contributed by atoms with Crippen LogP contribution >= 0.6 is 12.4 Å². The predicted octanol–water partition coefficient (Wildman–Crippen LogP) is 1.92. The quantitative estimate of drug-likeness (QED) is 0.841. The third-order valence-electron chi connectivity index (χ3n) is 1.61. The van der Waals surface area contributed by atoms with E-state index in [-0.39, 0.29) is 18.8 Å². The third kappa shape index (κ3) is 5.22. The smallest absolute Gasteiger partial charge is 0.307 e. The van der Waals surface area contributed by atoms with Crippen molar-refractivity contribution in [2.45, 2.75) is 19.8 Å². The summed E-state index contributed by atoms with van der Waals surface area (Å²) in [6.45, 7) is 2.60. The number of hydrogen-bond acceptors (Lipinski definition) is 3. The molecular weight excluding hydrogens is 218 g/mol. The van der Waals surface area contributed by atoms with Gasteiger partial charge in [-0.3, -0.25) is 4.79 Å². The van der Waals surface area contributed by atoms with Crippen molar-refractivity contribution in [3.8, 4) is 5.88 Å². The van der Waals surface area contributed by atoms with E-state index in [0.717, 1.165) is 6.42 Å². The van der Waals surface area contributed by atoms with E-state index in [1.54, 1.807) is 18.3 Å². The molecule has 1 aromatic heterocycles. The molecule has 0 fully saturated rings. The number of nitrogens with zero attached hydrogens (tertiary/aromatic N) is 1. The molecule has 0 unspecified atom stereocenters. The van der Waals surface area contributed by atoms with Crippen LogP contribution in [0.15, 0.2) is 18.3 Å². The Bertz CT molecular complexity index is 317. The fourth-order valence-corrected chi connectivity index (χ4v) is 1.02. The summed E-state index contributed by atoms with van der Waals surface area (Å²) in [7, 11) is 0. The average molecular weight is 232 g/mol. The van der Waals surface area contributed by atoms with Gasteiger partial charge in [0.25, 0.3) is 0 Å². The van der Waals surface area contributed by atoms with Crippen LogP contribution in [0, 0.1) is 0 Å². The van der Waals surface area contributed by atoms with Gasteiger partial charge in [-0.15, -0.1) is 12.4 Å². The lowest BCUT2D eigenvalue weighted by atomic mass is 10.2. The van der Waals surface area contributed by atoms with Crippen molar-refractivity contribution in [1.29, 1.82) is 0 Å². The molecule has 0 atom stereocenters. The molecule has 84 valence electrons. The van der Waals surface area contributed by atoms with Crippen LogP contribution < -0.4 is 4.74 Å². The lowest BCUT2D eigenvalue weighted by Gasteiger charge is -2.04. The van der Waals surface area contributed by atoms with Crippen LogP contribution in [0.4, 0.5) is 0 Å². The highest BCUT2D eigenvalue weighted by Gasteiger charge is 2.02. The maximum atomic E-state index is 10.4. The fourth-order valence-electron chi connectivity index (χ4n) is 1.02. The first-order valence-electron chi connectivity index (χ1n) is 4.52. The van der Waals surface area contributed by atoms with Crippen LogP contribution in [0.1, 0.15) is 18.9 Å². The summed E-state index contributed by atoms with van der Waals surface area (Å²) < 4.78 is 5.27. The fraction of sp³-hybridized carbons (Fsp3) is 0.400. The Morgan fingerprint density at radius 2 is 2.33 bits per heavy atom. The molecule has 0 aliphatic rings. The van der Waals surface area contributed by atoms with Crippen molar-refractivity contribution in [3.05, 3.63) is 23.9 Å².